The molecule has 22 heavy (non-hydrogen) atoms. The summed E-state index contributed by atoms with van der Waals surface area (Å²) < 4.78 is 39.3. The van der Waals surface area contributed by atoms with Gasteiger partial charge >= 0.3 is 0 Å². The standard InChI is InChI=1S/C15H15FN2O3S/c16-12-3-5-13(6-4-12)22(20,21)14-9-18(10-14)15(19)11-17-7-1-2-8-17/h1-8,14H,9-11H2. The molecule has 0 saturated carbocycles. The third-order valence-corrected chi connectivity index (χ3v) is 5.87. The Morgan fingerprint density at radius 2 is 1.73 bits per heavy atom. The number of sulfone groups is 1. The first-order chi connectivity index (χ1) is 10.5. The van der Waals surface area contributed by atoms with Crippen LogP contribution < -0.4 is 0 Å². The molecule has 1 aliphatic heterocycles. The molecule has 1 aromatic carbocycles. The Morgan fingerprint density at radius 3 is 2.32 bits per heavy atom. The van der Waals surface area contributed by atoms with Crippen LogP contribution in [0.1, 0.15) is 0 Å². The average Bonchev–Trinajstić information content (AvgIpc) is 2.90. The van der Waals surface area contributed by atoms with E-state index in [1.54, 1.807) is 17.0 Å². The van der Waals surface area contributed by atoms with Gasteiger partial charge in [-0.15, -0.1) is 0 Å². The average molecular weight is 322 g/mol. The van der Waals surface area contributed by atoms with Crippen molar-refractivity contribution in [3.63, 3.8) is 0 Å². The second-order valence-corrected chi connectivity index (χ2v) is 7.50. The molecule has 0 spiro atoms. The normalized spacial score (nSPS) is 15.6. The Labute approximate surface area is 127 Å². The Hall–Kier alpha value is -2.15. The van der Waals surface area contributed by atoms with Crippen LogP contribution in [-0.2, 0) is 21.2 Å². The number of halogens is 1. The summed E-state index contributed by atoms with van der Waals surface area (Å²) in [5.41, 5.74) is 0. The molecule has 0 N–H and O–H groups in total. The first kappa shape index (κ1) is 14.8. The van der Waals surface area contributed by atoms with Crippen LogP contribution in [0.4, 0.5) is 4.39 Å². The van der Waals surface area contributed by atoms with Crippen molar-refractivity contribution < 1.29 is 17.6 Å². The molecular formula is C15H15FN2O3S. The number of benzene rings is 1. The number of hydrogen-bond acceptors (Lipinski definition) is 3. The molecule has 2 heterocycles. The van der Waals surface area contributed by atoms with Crippen LogP contribution in [0.3, 0.4) is 0 Å². The number of carbonyl (C=O) groups is 1. The second kappa shape index (κ2) is 5.57. The summed E-state index contributed by atoms with van der Waals surface area (Å²) >= 11 is 0. The zero-order valence-corrected chi connectivity index (χ0v) is 12.5. The Kier molecular flexibility index (Phi) is 3.74. The van der Waals surface area contributed by atoms with E-state index < -0.39 is 20.9 Å². The highest BCUT2D eigenvalue weighted by Crippen LogP contribution is 2.24. The van der Waals surface area contributed by atoms with E-state index in [4.69, 9.17) is 0 Å². The maximum absolute atomic E-state index is 12.9. The van der Waals surface area contributed by atoms with Gasteiger partial charge in [0.05, 0.1) is 4.90 Å². The van der Waals surface area contributed by atoms with Gasteiger partial charge in [0, 0.05) is 25.5 Å². The lowest BCUT2D eigenvalue weighted by Gasteiger charge is -2.38. The van der Waals surface area contributed by atoms with Gasteiger partial charge in [-0.1, -0.05) is 0 Å². The monoisotopic (exact) mass is 322 g/mol. The molecule has 0 aliphatic carbocycles. The van der Waals surface area contributed by atoms with E-state index in [0.29, 0.717) is 0 Å². The van der Waals surface area contributed by atoms with E-state index >= 15 is 0 Å². The van der Waals surface area contributed by atoms with Crippen molar-refractivity contribution in [1.29, 1.82) is 0 Å². The lowest BCUT2D eigenvalue weighted by molar-refractivity contribution is -0.135. The van der Waals surface area contributed by atoms with E-state index in [-0.39, 0.29) is 30.4 Å². The van der Waals surface area contributed by atoms with Gasteiger partial charge < -0.3 is 9.47 Å². The second-order valence-electron chi connectivity index (χ2n) is 5.28. The van der Waals surface area contributed by atoms with Gasteiger partial charge in [-0.2, -0.15) is 0 Å². The third-order valence-electron chi connectivity index (χ3n) is 3.77. The minimum absolute atomic E-state index is 0.0939. The molecule has 0 atom stereocenters. The largest absolute Gasteiger partial charge is 0.345 e. The molecular weight excluding hydrogens is 307 g/mol. The number of amides is 1. The topological polar surface area (TPSA) is 59.4 Å². The fraction of sp³-hybridized carbons (Fsp3) is 0.267. The molecule has 7 heteroatoms. The summed E-state index contributed by atoms with van der Waals surface area (Å²) in [5.74, 6) is -0.585. The smallest absolute Gasteiger partial charge is 0.242 e. The number of carbonyl (C=O) groups excluding carboxylic acids is 1. The third kappa shape index (κ3) is 2.76. The van der Waals surface area contributed by atoms with Gasteiger partial charge in [0.15, 0.2) is 9.84 Å². The molecule has 1 fully saturated rings. The molecule has 116 valence electrons. The summed E-state index contributed by atoms with van der Waals surface area (Å²) in [5, 5.41) is -0.619. The number of nitrogens with zero attached hydrogens (tertiary/aromatic N) is 2. The van der Waals surface area contributed by atoms with E-state index in [1.807, 2.05) is 12.1 Å². The molecule has 1 aromatic heterocycles. The van der Waals surface area contributed by atoms with Crippen molar-refractivity contribution >= 4 is 15.7 Å². The molecule has 0 unspecified atom stereocenters. The van der Waals surface area contributed by atoms with Crippen molar-refractivity contribution in [3.8, 4) is 0 Å². The van der Waals surface area contributed by atoms with Crippen LogP contribution in [0, 0.1) is 5.82 Å². The molecule has 3 rings (SSSR count). The van der Waals surface area contributed by atoms with Gasteiger partial charge in [0.2, 0.25) is 5.91 Å². The van der Waals surface area contributed by atoms with Gasteiger partial charge in [0.25, 0.3) is 0 Å². The minimum atomic E-state index is -3.51. The zero-order valence-electron chi connectivity index (χ0n) is 11.7. The number of hydrogen-bond donors (Lipinski definition) is 0. The Balaban J connectivity index is 1.62. The first-order valence-electron chi connectivity index (χ1n) is 6.85. The predicted molar refractivity (Wildman–Crippen MR) is 78.4 cm³/mol. The van der Waals surface area contributed by atoms with E-state index in [9.17, 15) is 17.6 Å². The van der Waals surface area contributed by atoms with Gasteiger partial charge in [-0.3, -0.25) is 4.79 Å². The Morgan fingerprint density at radius 1 is 1.14 bits per heavy atom. The SMILES string of the molecule is O=C(Cn1cccc1)N1CC(S(=O)(=O)c2ccc(F)cc2)C1. The summed E-state index contributed by atoms with van der Waals surface area (Å²) in [6, 6.07) is 8.42. The molecule has 2 aromatic rings. The van der Waals surface area contributed by atoms with Crippen molar-refractivity contribution in [2.45, 2.75) is 16.7 Å². The van der Waals surface area contributed by atoms with Crippen LogP contribution in [0.5, 0.6) is 0 Å². The van der Waals surface area contributed by atoms with E-state index in [2.05, 4.69) is 0 Å². The molecule has 0 bridgehead atoms. The fourth-order valence-electron chi connectivity index (χ4n) is 2.39. The summed E-state index contributed by atoms with van der Waals surface area (Å²) in [4.78, 5) is 13.6. The van der Waals surface area contributed by atoms with Crippen LogP contribution >= 0.6 is 0 Å². The predicted octanol–water partition coefficient (Wildman–Crippen LogP) is 1.31. The van der Waals surface area contributed by atoms with Gasteiger partial charge in [-0.25, -0.2) is 12.8 Å². The fourth-order valence-corrected chi connectivity index (χ4v) is 4.04. The van der Waals surface area contributed by atoms with Crippen molar-refractivity contribution in [1.82, 2.24) is 9.47 Å². The van der Waals surface area contributed by atoms with Gasteiger partial charge in [-0.05, 0) is 36.4 Å². The lowest BCUT2D eigenvalue weighted by Crippen LogP contribution is -2.57. The van der Waals surface area contributed by atoms with Crippen LogP contribution in [0.15, 0.2) is 53.7 Å². The van der Waals surface area contributed by atoms with Gasteiger partial charge in [0.1, 0.15) is 17.6 Å². The van der Waals surface area contributed by atoms with Crippen molar-refractivity contribution in [2.24, 2.45) is 0 Å². The first-order valence-corrected chi connectivity index (χ1v) is 8.39. The van der Waals surface area contributed by atoms with Crippen LogP contribution in [0.2, 0.25) is 0 Å². The van der Waals surface area contributed by atoms with E-state index in [0.717, 1.165) is 12.1 Å². The van der Waals surface area contributed by atoms with Crippen molar-refractivity contribution in [3.05, 3.63) is 54.6 Å². The summed E-state index contributed by atoms with van der Waals surface area (Å²) in [7, 11) is -3.51. The van der Waals surface area contributed by atoms with Crippen LogP contribution in [0.25, 0.3) is 0 Å². The number of rotatable bonds is 4. The highest BCUT2D eigenvalue weighted by molar-refractivity contribution is 7.92. The number of aromatic nitrogens is 1. The molecule has 1 saturated heterocycles. The minimum Gasteiger partial charge on any atom is -0.345 e. The van der Waals surface area contributed by atoms with Crippen LogP contribution in [-0.4, -0.2) is 42.1 Å². The molecule has 1 aliphatic rings. The van der Waals surface area contributed by atoms with E-state index in [1.165, 1.54) is 17.0 Å². The Bertz CT molecular complexity index is 764. The molecule has 0 radical (unpaired) electrons. The summed E-state index contributed by atoms with van der Waals surface area (Å²) in [6.45, 7) is 0.565. The molecule has 1 amide bonds. The maximum atomic E-state index is 12.9. The molecule has 5 nitrogen and oxygen atoms in total. The summed E-state index contributed by atoms with van der Waals surface area (Å²) in [6.07, 6.45) is 3.56. The number of likely N-dealkylation sites (tertiary alicyclic amines) is 1. The highest BCUT2D eigenvalue weighted by atomic mass is 32.2. The zero-order chi connectivity index (χ0) is 15.7. The highest BCUT2D eigenvalue weighted by Gasteiger charge is 2.40. The maximum Gasteiger partial charge on any atom is 0.242 e. The quantitative estimate of drug-likeness (QED) is 0.798. The lowest BCUT2D eigenvalue weighted by atomic mass is 10.2. The van der Waals surface area contributed by atoms with Crippen molar-refractivity contribution in [2.75, 3.05) is 13.1 Å².